The van der Waals surface area contributed by atoms with Crippen LogP contribution in [0.2, 0.25) is 0 Å². The van der Waals surface area contributed by atoms with E-state index in [1.54, 1.807) is 0 Å². The molecule has 1 aliphatic carbocycles. The lowest BCUT2D eigenvalue weighted by atomic mass is 10.1. The first-order valence-corrected chi connectivity index (χ1v) is 4.91. The minimum atomic E-state index is -1.82. The van der Waals surface area contributed by atoms with Crippen LogP contribution >= 0.6 is 0 Å². The summed E-state index contributed by atoms with van der Waals surface area (Å²) in [6.07, 6.45) is 5.46. The standard InChI is InChI=1S/C8H13NO2S/c1-9(2)7-5-3-4-6-8(7)12(10)11/h3,5H,4,6H2,1-2H3,(H,10,11). The van der Waals surface area contributed by atoms with Crippen LogP contribution in [-0.2, 0) is 11.1 Å². The molecule has 0 spiro atoms. The maximum absolute atomic E-state index is 10.9. The lowest BCUT2D eigenvalue weighted by molar-refractivity contribution is 0.514. The summed E-state index contributed by atoms with van der Waals surface area (Å²) in [7, 11) is 3.75. The summed E-state index contributed by atoms with van der Waals surface area (Å²) in [4.78, 5) is 2.49. The summed E-state index contributed by atoms with van der Waals surface area (Å²) in [5, 5.41) is 0. The van der Waals surface area contributed by atoms with Crippen LogP contribution in [0.25, 0.3) is 0 Å². The van der Waals surface area contributed by atoms with Crippen molar-refractivity contribution in [2.75, 3.05) is 14.1 Å². The predicted octanol–water partition coefficient (Wildman–Crippen LogP) is 1.33. The van der Waals surface area contributed by atoms with Gasteiger partial charge in [-0.15, -0.1) is 0 Å². The highest BCUT2D eigenvalue weighted by molar-refractivity contribution is 7.83. The number of hydrogen-bond acceptors (Lipinski definition) is 2. The van der Waals surface area contributed by atoms with Crippen molar-refractivity contribution in [2.24, 2.45) is 0 Å². The molecule has 4 heteroatoms. The summed E-state index contributed by atoms with van der Waals surface area (Å²) < 4.78 is 19.8. The monoisotopic (exact) mass is 187 g/mol. The smallest absolute Gasteiger partial charge is 0.184 e. The third-order valence-corrected chi connectivity index (χ3v) is 2.63. The molecule has 68 valence electrons. The van der Waals surface area contributed by atoms with E-state index in [-0.39, 0.29) is 0 Å². The molecule has 0 aromatic rings. The lowest BCUT2D eigenvalue weighted by Crippen LogP contribution is -2.15. The zero-order valence-electron chi connectivity index (χ0n) is 7.28. The number of rotatable bonds is 2. The van der Waals surface area contributed by atoms with Gasteiger partial charge in [-0.1, -0.05) is 6.08 Å². The Kier molecular flexibility index (Phi) is 3.05. The molecule has 0 saturated heterocycles. The van der Waals surface area contributed by atoms with E-state index in [1.807, 2.05) is 31.1 Å². The molecule has 1 aliphatic rings. The summed E-state index contributed by atoms with van der Waals surface area (Å²) in [6.45, 7) is 0. The molecule has 1 rings (SSSR count). The first-order valence-electron chi connectivity index (χ1n) is 3.81. The van der Waals surface area contributed by atoms with Crippen LogP contribution in [0.15, 0.2) is 22.8 Å². The van der Waals surface area contributed by atoms with Gasteiger partial charge in [-0.05, 0) is 18.9 Å². The molecule has 0 bridgehead atoms. The lowest BCUT2D eigenvalue weighted by Gasteiger charge is -2.19. The molecule has 0 aliphatic heterocycles. The largest absolute Gasteiger partial charge is 0.377 e. The van der Waals surface area contributed by atoms with Gasteiger partial charge in [0, 0.05) is 14.1 Å². The Morgan fingerprint density at radius 3 is 2.67 bits per heavy atom. The molecule has 0 aromatic carbocycles. The molecule has 0 aromatic heterocycles. The molecule has 0 saturated carbocycles. The number of likely N-dealkylation sites (N-methyl/N-ethyl adjacent to an activating group) is 1. The van der Waals surface area contributed by atoms with Crippen LogP contribution in [0.5, 0.6) is 0 Å². The van der Waals surface area contributed by atoms with Crippen molar-refractivity contribution < 1.29 is 8.76 Å². The van der Waals surface area contributed by atoms with E-state index < -0.39 is 11.1 Å². The van der Waals surface area contributed by atoms with E-state index in [4.69, 9.17) is 4.55 Å². The fraction of sp³-hybridized carbons (Fsp3) is 0.500. The highest BCUT2D eigenvalue weighted by Gasteiger charge is 2.14. The van der Waals surface area contributed by atoms with Gasteiger partial charge in [0.05, 0.1) is 10.6 Å². The maximum Gasteiger partial charge on any atom is 0.184 e. The van der Waals surface area contributed by atoms with Crippen molar-refractivity contribution in [3.63, 3.8) is 0 Å². The van der Waals surface area contributed by atoms with Gasteiger partial charge in [-0.2, -0.15) is 0 Å². The minimum Gasteiger partial charge on any atom is -0.377 e. The molecule has 1 N–H and O–H groups in total. The van der Waals surface area contributed by atoms with Crippen molar-refractivity contribution >= 4 is 11.1 Å². The van der Waals surface area contributed by atoms with E-state index in [0.29, 0.717) is 11.3 Å². The van der Waals surface area contributed by atoms with Crippen molar-refractivity contribution in [1.29, 1.82) is 0 Å². The Hall–Kier alpha value is -0.610. The third-order valence-electron chi connectivity index (χ3n) is 1.79. The Morgan fingerprint density at radius 2 is 2.25 bits per heavy atom. The fourth-order valence-corrected chi connectivity index (χ4v) is 1.93. The zero-order valence-corrected chi connectivity index (χ0v) is 8.10. The van der Waals surface area contributed by atoms with E-state index in [0.717, 1.165) is 12.1 Å². The van der Waals surface area contributed by atoms with Gasteiger partial charge in [0.25, 0.3) is 0 Å². The van der Waals surface area contributed by atoms with Crippen LogP contribution in [0.3, 0.4) is 0 Å². The molecular weight excluding hydrogens is 174 g/mol. The Labute approximate surface area is 75.0 Å². The van der Waals surface area contributed by atoms with Crippen LogP contribution < -0.4 is 0 Å². The Morgan fingerprint density at radius 1 is 1.58 bits per heavy atom. The number of hydrogen-bond donors (Lipinski definition) is 1. The minimum absolute atomic E-state index is 0.627. The second-order valence-electron chi connectivity index (χ2n) is 2.89. The van der Waals surface area contributed by atoms with Gasteiger partial charge in [-0.3, -0.25) is 0 Å². The van der Waals surface area contributed by atoms with Gasteiger partial charge in [0.15, 0.2) is 11.1 Å². The molecule has 1 atom stereocenters. The van der Waals surface area contributed by atoms with Gasteiger partial charge in [0.1, 0.15) is 0 Å². The maximum atomic E-state index is 10.9. The van der Waals surface area contributed by atoms with E-state index in [9.17, 15) is 4.21 Å². The molecule has 0 heterocycles. The summed E-state index contributed by atoms with van der Waals surface area (Å²) in [6, 6.07) is 0. The predicted molar refractivity (Wildman–Crippen MR) is 49.9 cm³/mol. The first-order chi connectivity index (χ1) is 5.63. The quantitative estimate of drug-likeness (QED) is 0.663. The number of allylic oxidation sites excluding steroid dienone is 3. The topological polar surface area (TPSA) is 40.5 Å². The van der Waals surface area contributed by atoms with Crippen LogP contribution in [-0.4, -0.2) is 27.8 Å². The normalized spacial score (nSPS) is 19.6. The highest BCUT2D eigenvalue weighted by Crippen LogP contribution is 2.22. The average molecular weight is 187 g/mol. The molecule has 0 fully saturated rings. The van der Waals surface area contributed by atoms with E-state index in [2.05, 4.69) is 0 Å². The average Bonchev–Trinajstić information content (AvgIpc) is 2.04. The van der Waals surface area contributed by atoms with Crippen LogP contribution in [0.4, 0.5) is 0 Å². The molecule has 0 amide bonds. The molecular formula is C8H13NO2S. The highest BCUT2D eigenvalue weighted by atomic mass is 32.2. The first kappa shape index (κ1) is 9.48. The summed E-state index contributed by atoms with van der Waals surface area (Å²) in [5.74, 6) is 0. The molecule has 0 radical (unpaired) electrons. The third kappa shape index (κ3) is 1.95. The zero-order chi connectivity index (χ0) is 9.14. The molecule has 3 nitrogen and oxygen atoms in total. The molecule has 12 heavy (non-hydrogen) atoms. The SMILES string of the molecule is CN(C)C1=C(S(=O)O)CCC=C1. The summed E-state index contributed by atoms with van der Waals surface area (Å²) >= 11 is -1.82. The van der Waals surface area contributed by atoms with Gasteiger partial charge in [0.2, 0.25) is 0 Å². The Balaban J connectivity index is 3.00. The van der Waals surface area contributed by atoms with Gasteiger partial charge >= 0.3 is 0 Å². The second kappa shape index (κ2) is 3.87. The summed E-state index contributed by atoms with van der Waals surface area (Å²) in [5.41, 5.74) is 0.863. The van der Waals surface area contributed by atoms with E-state index >= 15 is 0 Å². The van der Waals surface area contributed by atoms with Crippen LogP contribution in [0, 0.1) is 0 Å². The second-order valence-corrected chi connectivity index (χ2v) is 3.88. The van der Waals surface area contributed by atoms with Crippen molar-refractivity contribution in [2.45, 2.75) is 12.8 Å². The van der Waals surface area contributed by atoms with Crippen molar-refractivity contribution in [1.82, 2.24) is 4.90 Å². The van der Waals surface area contributed by atoms with Crippen LogP contribution in [0.1, 0.15) is 12.8 Å². The van der Waals surface area contributed by atoms with Crippen molar-refractivity contribution in [3.8, 4) is 0 Å². The van der Waals surface area contributed by atoms with Crippen molar-refractivity contribution in [3.05, 3.63) is 22.8 Å². The molecule has 1 unspecified atom stereocenters. The van der Waals surface area contributed by atoms with Gasteiger partial charge in [-0.25, -0.2) is 4.21 Å². The van der Waals surface area contributed by atoms with E-state index in [1.165, 1.54) is 0 Å². The van der Waals surface area contributed by atoms with Gasteiger partial charge < -0.3 is 9.45 Å². The Bertz CT molecular complexity index is 256. The fourth-order valence-electron chi connectivity index (χ4n) is 1.21. The number of nitrogens with zero attached hydrogens (tertiary/aromatic N) is 1.